The molecule has 21 heavy (non-hydrogen) atoms. The average molecular weight is 286 g/mol. The Morgan fingerprint density at radius 1 is 1.14 bits per heavy atom. The molecule has 6 heteroatoms. The first-order valence-electron chi connectivity index (χ1n) is 7.28. The zero-order valence-corrected chi connectivity index (χ0v) is 11.7. The number of para-hydroxylation sites is 1. The molecule has 6 nitrogen and oxygen atoms in total. The molecule has 2 N–H and O–H groups in total. The second kappa shape index (κ2) is 6.03. The Bertz CT molecular complexity index is 638. The molecule has 1 fully saturated rings. The standard InChI is InChI=1S/C15H18N4O2/c20-14(21)11-7-5-10(6-8-11)9-16-15-17-12-3-1-2-4-13(12)18-19-15/h1-4,10-11H,5-9H2,(H,20,21)(H,16,17,19). The predicted octanol–water partition coefficient (Wildman–Crippen LogP) is 2.33. The monoisotopic (exact) mass is 286 g/mol. The Morgan fingerprint density at radius 3 is 2.57 bits per heavy atom. The fraction of sp³-hybridized carbons (Fsp3) is 0.467. The molecule has 1 heterocycles. The first-order chi connectivity index (χ1) is 10.2. The number of hydrogen-bond acceptors (Lipinski definition) is 5. The number of fused-ring (bicyclic) bond motifs is 1. The van der Waals surface area contributed by atoms with E-state index in [4.69, 9.17) is 5.11 Å². The van der Waals surface area contributed by atoms with Gasteiger partial charge in [0.05, 0.1) is 11.4 Å². The van der Waals surface area contributed by atoms with Crippen LogP contribution in [0.5, 0.6) is 0 Å². The normalized spacial score (nSPS) is 22.1. The Balaban J connectivity index is 1.56. The van der Waals surface area contributed by atoms with Gasteiger partial charge in [0.15, 0.2) is 0 Å². The number of carbonyl (C=O) groups is 1. The molecular weight excluding hydrogens is 268 g/mol. The van der Waals surface area contributed by atoms with Crippen molar-refractivity contribution in [3.05, 3.63) is 24.3 Å². The van der Waals surface area contributed by atoms with E-state index >= 15 is 0 Å². The fourth-order valence-corrected chi connectivity index (χ4v) is 2.80. The van der Waals surface area contributed by atoms with Crippen LogP contribution in [0.3, 0.4) is 0 Å². The Morgan fingerprint density at radius 2 is 1.86 bits per heavy atom. The number of rotatable bonds is 4. The zero-order chi connectivity index (χ0) is 14.7. The lowest BCUT2D eigenvalue weighted by molar-refractivity contribution is -0.143. The molecular formula is C15H18N4O2. The van der Waals surface area contributed by atoms with Crippen LogP contribution in [0.15, 0.2) is 24.3 Å². The molecule has 1 aromatic carbocycles. The van der Waals surface area contributed by atoms with E-state index in [0.29, 0.717) is 11.9 Å². The summed E-state index contributed by atoms with van der Waals surface area (Å²) in [5.41, 5.74) is 1.61. The third-order valence-corrected chi connectivity index (χ3v) is 4.11. The van der Waals surface area contributed by atoms with Crippen LogP contribution in [-0.4, -0.2) is 32.8 Å². The molecule has 0 bridgehead atoms. The minimum Gasteiger partial charge on any atom is -0.481 e. The largest absolute Gasteiger partial charge is 0.481 e. The van der Waals surface area contributed by atoms with Gasteiger partial charge < -0.3 is 10.4 Å². The molecule has 0 spiro atoms. The van der Waals surface area contributed by atoms with Gasteiger partial charge in [0, 0.05) is 6.54 Å². The number of aliphatic carboxylic acids is 1. The minimum atomic E-state index is -0.663. The summed E-state index contributed by atoms with van der Waals surface area (Å²) in [4.78, 5) is 15.3. The van der Waals surface area contributed by atoms with E-state index < -0.39 is 5.97 Å². The topological polar surface area (TPSA) is 88.0 Å². The highest BCUT2D eigenvalue weighted by molar-refractivity contribution is 5.74. The maximum atomic E-state index is 10.9. The molecule has 3 rings (SSSR count). The average Bonchev–Trinajstić information content (AvgIpc) is 2.53. The van der Waals surface area contributed by atoms with Crippen LogP contribution in [-0.2, 0) is 4.79 Å². The predicted molar refractivity (Wildman–Crippen MR) is 78.9 cm³/mol. The molecule has 0 atom stereocenters. The molecule has 1 aromatic heterocycles. The molecule has 1 aliphatic rings. The van der Waals surface area contributed by atoms with Gasteiger partial charge in [0.25, 0.3) is 0 Å². The van der Waals surface area contributed by atoms with E-state index in [2.05, 4.69) is 20.5 Å². The van der Waals surface area contributed by atoms with Crippen molar-refractivity contribution in [2.45, 2.75) is 25.7 Å². The van der Waals surface area contributed by atoms with Crippen molar-refractivity contribution in [2.24, 2.45) is 11.8 Å². The molecule has 110 valence electrons. The van der Waals surface area contributed by atoms with E-state index in [-0.39, 0.29) is 5.92 Å². The SMILES string of the molecule is O=C(O)C1CCC(CNc2nnc3ccccc3n2)CC1. The first-order valence-corrected chi connectivity index (χ1v) is 7.28. The highest BCUT2D eigenvalue weighted by Crippen LogP contribution is 2.28. The van der Waals surface area contributed by atoms with Crippen LogP contribution in [0.2, 0.25) is 0 Å². The van der Waals surface area contributed by atoms with Crippen molar-refractivity contribution in [3.8, 4) is 0 Å². The second-order valence-corrected chi connectivity index (χ2v) is 5.56. The van der Waals surface area contributed by atoms with Gasteiger partial charge in [-0.25, -0.2) is 4.98 Å². The summed E-state index contributed by atoms with van der Waals surface area (Å²) in [6, 6.07) is 7.63. The van der Waals surface area contributed by atoms with Gasteiger partial charge in [-0.3, -0.25) is 4.79 Å². The molecule has 0 aliphatic heterocycles. The number of aromatic nitrogens is 3. The van der Waals surface area contributed by atoms with Crippen LogP contribution in [0.1, 0.15) is 25.7 Å². The molecule has 0 radical (unpaired) electrons. The van der Waals surface area contributed by atoms with Crippen LogP contribution < -0.4 is 5.32 Å². The third kappa shape index (κ3) is 3.26. The number of benzene rings is 1. The highest BCUT2D eigenvalue weighted by Gasteiger charge is 2.25. The number of carboxylic acid groups (broad SMARTS) is 1. The van der Waals surface area contributed by atoms with Crippen LogP contribution in [0.4, 0.5) is 5.95 Å². The summed E-state index contributed by atoms with van der Waals surface area (Å²) in [7, 11) is 0. The zero-order valence-electron chi connectivity index (χ0n) is 11.7. The van der Waals surface area contributed by atoms with Crippen molar-refractivity contribution in [1.82, 2.24) is 15.2 Å². The number of nitrogens with one attached hydrogen (secondary N) is 1. The summed E-state index contributed by atoms with van der Waals surface area (Å²) < 4.78 is 0. The number of anilines is 1. The van der Waals surface area contributed by atoms with Gasteiger partial charge in [-0.1, -0.05) is 12.1 Å². The Hall–Kier alpha value is -2.24. The lowest BCUT2D eigenvalue weighted by atomic mass is 9.82. The molecule has 0 unspecified atom stereocenters. The summed E-state index contributed by atoms with van der Waals surface area (Å²) in [6.45, 7) is 0.770. The maximum Gasteiger partial charge on any atom is 0.306 e. The van der Waals surface area contributed by atoms with Crippen molar-refractivity contribution >= 4 is 23.0 Å². The Labute approximate surface area is 122 Å². The summed E-state index contributed by atoms with van der Waals surface area (Å²) >= 11 is 0. The van der Waals surface area contributed by atoms with Crippen LogP contribution in [0, 0.1) is 11.8 Å². The Kier molecular flexibility index (Phi) is 3.94. The molecule has 2 aromatic rings. The second-order valence-electron chi connectivity index (χ2n) is 5.56. The summed E-state index contributed by atoms with van der Waals surface area (Å²) in [6.07, 6.45) is 3.40. The van der Waals surface area contributed by atoms with Gasteiger partial charge in [-0.15, -0.1) is 10.2 Å². The summed E-state index contributed by atoms with van der Waals surface area (Å²) in [5, 5.41) is 20.4. The maximum absolute atomic E-state index is 10.9. The van der Waals surface area contributed by atoms with E-state index in [1.807, 2.05) is 24.3 Å². The molecule has 0 saturated heterocycles. The molecule has 1 aliphatic carbocycles. The highest BCUT2D eigenvalue weighted by atomic mass is 16.4. The summed E-state index contributed by atoms with van der Waals surface area (Å²) in [5.74, 6) is 0.188. The van der Waals surface area contributed by atoms with Gasteiger partial charge in [0.1, 0.15) is 5.52 Å². The van der Waals surface area contributed by atoms with Gasteiger partial charge in [-0.05, 0) is 43.7 Å². The van der Waals surface area contributed by atoms with Gasteiger partial charge in [0.2, 0.25) is 5.95 Å². The van der Waals surface area contributed by atoms with Crippen molar-refractivity contribution in [1.29, 1.82) is 0 Å². The van der Waals surface area contributed by atoms with E-state index in [1.54, 1.807) is 0 Å². The van der Waals surface area contributed by atoms with Gasteiger partial charge in [-0.2, -0.15) is 0 Å². The minimum absolute atomic E-state index is 0.167. The van der Waals surface area contributed by atoms with Crippen molar-refractivity contribution < 1.29 is 9.90 Å². The first kappa shape index (κ1) is 13.7. The quantitative estimate of drug-likeness (QED) is 0.896. The van der Waals surface area contributed by atoms with E-state index in [0.717, 1.165) is 43.3 Å². The van der Waals surface area contributed by atoms with Crippen LogP contribution >= 0.6 is 0 Å². The molecule has 0 amide bonds. The lowest BCUT2D eigenvalue weighted by Gasteiger charge is -2.26. The number of hydrogen-bond donors (Lipinski definition) is 2. The van der Waals surface area contributed by atoms with Crippen LogP contribution in [0.25, 0.3) is 11.0 Å². The third-order valence-electron chi connectivity index (χ3n) is 4.11. The molecule has 1 saturated carbocycles. The smallest absolute Gasteiger partial charge is 0.306 e. The fourth-order valence-electron chi connectivity index (χ4n) is 2.80. The van der Waals surface area contributed by atoms with Crippen molar-refractivity contribution in [2.75, 3.05) is 11.9 Å². The lowest BCUT2D eigenvalue weighted by Crippen LogP contribution is -2.25. The van der Waals surface area contributed by atoms with Gasteiger partial charge >= 0.3 is 5.97 Å². The van der Waals surface area contributed by atoms with E-state index in [9.17, 15) is 4.79 Å². The van der Waals surface area contributed by atoms with E-state index in [1.165, 1.54) is 0 Å². The number of carboxylic acids is 1. The number of nitrogens with zero attached hydrogens (tertiary/aromatic N) is 3. The van der Waals surface area contributed by atoms with Crippen molar-refractivity contribution in [3.63, 3.8) is 0 Å².